The number of nitrogens with zero attached hydrogens (tertiary/aromatic N) is 2. The molecule has 2 rings (SSSR count). The van der Waals surface area contributed by atoms with Crippen molar-refractivity contribution in [2.45, 2.75) is 39.4 Å². The van der Waals surface area contributed by atoms with Crippen molar-refractivity contribution in [1.82, 2.24) is 10.2 Å². The molecule has 0 spiro atoms. The van der Waals surface area contributed by atoms with Gasteiger partial charge in [-0.1, -0.05) is 30.3 Å². The highest BCUT2D eigenvalue weighted by atomic mass is 32.2. The number of benzene rings is 2. The monoisotopic (exact) mass is 461 g/mol. The van der Waals surface area contributed by atoms with Gasteiger partial charge in [0.15, 0.2) is 0 Å². The summed E-state index contributed by atoms with van der Waals surface area (Å²) in [6, 6.07) is 14.8. The Balaban J connectivity index is 2.35. The molecule has 0 bridgehead atoms. The third-order valence-electron chi connectivity index (χ3n) is 4.83. The third-order valence-corrected chi connectivity index (χ3v) is 5.97. The van der Waals surface area contributed by atoms with E-state index in [0.29, 0.717) is 11.4 Å². The van der Waals surface area contributed by atoms with Crippen LogP contribution in [-0.2, 0) is 26.2 Å². The number of hydrogen-bond donors (Lipinski definition) is 1. The highest BCUT2D eigenvalue weighted by Gasteiger charge is 2.30. The fourth-order valence-corrected chi connectivity index (χ4v) is 3.98. The maximum absolute atomic E-state index is 13.3. The van der Waals surface area contributed by atoms with Gasteiger partial charge < -0.3 is 15.0 Å². The summed E-state index contributed by atoms with van der Waals surface area (Å²) in [5.74, 6) is -0.223. The quantitative estimate of drug-likeness (QED) is 0.586. The Bertz CT molecular complexity index is 1010. The lowest BCUT2D eigenvalue weighted by molar-refractivity contribution is -0.139. The van der Waals surface area contributed by atoms with E-state index in [1.807, 2.05) is 44.2 Å². The first-order chi connectivity index (χ1) is 15.0. The Hall–Kier alpha value is -3.07. The Morgan fingerprint density at radius 1 is 1.00 bits per heavy atom. The molecule has 0 fully saturated rings. The van der Waals surface area contributed by atoms with Crippen molar-refractivity contribution < 1.29 is 22.7 Å². The Kier molecular flexibility index (Phi) is 8.65. The second-order valence-corrected chi connectivity index (χ2v) is 9.72. The maximum Gasteiger partial charge on any atom is 0.244 e. The van der Waals surface area contributed by atoms with E-state index in [9.17, 15) is 18.0 Å². The Labute approximate surface area is 190 Å². The second-order valence-electron chi connectivity index (χ2n) is 7.81. The SMILES string of the molecule is COc1ccc(N(CC(=O)N(Cc2ccccc2)[C@@H](C)C(=O)NC(C)C)S(C)(=O)=O)cc1. The molecule has 8 nitrogen and oxygen atoms in total. The number of anilines is 1. The lowest BCUT2D eigenvalue weighted by Crippen LogP contribution is -2.52. The molecule has 0 aliphatic carbocycles. The second kappa shape index (κ2) is 11.0. The lowest BCUT2D eigenvalue weighted by Gasteiger charge is -2.31. The molecule has 0 heterocycles. The molecule has 9 heteroatoms. The summed E-state index contributed by atoms with van der Waals surface area (Å²) < 4.78 is 31.1. The number of hydrogen-bond acceptors (Lipinski definition) is 5. The van der Waals surface area contributed by atoms with E-state index in [2.05, 4.69) is 5.32 Å². The van der Waals surface area contributed by atoms with Gasteiger partial charge in [0.25, 0.3) is 0 Å². The number of carbonyl (C=O) groups is 2. The van der Waals surface area contributed by atoms with Gasteiger partial charge in [0.05, 0.1) is 19.1 Å². The van der Waals surface area contributed by atoms with Gasteiger partial charge >= 0.3 is 0 Å². The highest BCUT2D eigenvalue weighted by molar-refractivity contribution is 7.92. The fourth-order valence-electron chi connectivity index (χ4n) is 3.13. The van der Waals surface area contributed by atoms with Crippen molar-refractivity contribution in [3.63, 3.8) is 0 Å². The summed E-state index contributed by atoms with van der Waals surface area (Å²) in [5, 5.41) is 2.81. The summed E-state index contributed by atoms with van der Waals surface area (Å²) in [4.78, 5) is 27.4. The van der Waals surface area contributed by atoms with E-state index >= 15 is 0 Å². The Morgan fingerprint density at radius 2 is 1.59 bits per heavy atom. The van der Waals surface area contributed by atoms with Gasteiger partial charge in [-0.15, -0.1) is 0 Å². The largest absolute Gasteiger partial charge is 0.497 e. The van der Waals surface area contributed by atoms with Gasteiger partial charge in [0.1, 0.15) is 18.3 Å². The molecule has 0 aliphatic heterocycles. The maximum atomic E-state index is 13.3. The predicted molar refractivity (Wildman–Crippen MR) is 125 cm³/mol. The summed E-state index contributed by atoms with van der Waals surface area (Å²) in [7, 11) is -2.25. The molecule has 32 heavy (non-hydrogen) atoms. The van der Waals surface area contributed by atoms with Crippen LogP contribution < -0.4 is 14.4 Å². The first kappa shape index (κ1) is 25.2. The minimum absolute atomic E-state index is 0.0922. The van der Waals surface area contributed by atoms with Crippen molar-refractivity contribution in [2.75, 3.05) is 24.2 Å². The van der Waals surface area contributed by atoms with Crippen molar-refractivity contribution in [3.05, 3.63) is 60.2 Å². The zero-order chi connectivity index (χ0) is 23.9. The van der Waals surface area contributed by atoms with Crippen LogP contribution in [0.15, 0.2) is 54.6 Å². The van der Waals surface area contributed by atoms with Crippen LogP contribution in [0.1, 0.15) is 26.3 Å². The molecule has 0 unspecified atom stereocenters. The van der Waals surface area contributed by atoms with E-state index in [1.54, 1.807) is 31.2 Å². The summed E-state index contributed by atoms with van der Waals surface area (Å²) in [6.45, 7) is 5.05. The van der Waals surface area contributed by atoms with Gasteiger partial charge in [-0.2, -0.15) is 0 Å². The lowest BCUT2D eigenvalue weighted by atomic mass is 10.1. The van der Waals surface area contributed by atoms with Gasteiger partial charge in [-0.05, 0) is 50.6 Å². The normalized spacial score (nSPS) is 12.2. The number of methoxy groups -OCH3 is 1. The zero-order valence-corrected chi connectivity index (χ0v) is 19.9. The number of rotatable bonds is 10. The van der Waals surface area contributed by atoms with Crippen LogP contribution in [0.3, 0.4) is 0 Å². The average molecular weight is 462 g/mol. The molecule has 174 valence electrons. The molecular weight excluding hydrogens is 430 g/mol. The van der Waals surface area contributed by atoms with E-state index in [4.69, 9.17) is 4.74 Å². The van der Waals surface area contributed by atoms with Crippen molar-refractivity contribution >= 4 is 27.5 Å². The molecule has 0 radical (unpaired) electrons. The van der Waals surface area contributed by atoms with Gasteiger partial charge in [0, 0.05) is 12.6 Å². The molecule has 1 atom stereocenters. The number of ether oxygens (including phenoxy) is 1. The van der Waals surface area contributed by atoms with Crippen molar-refractivity contribution in [3.8, 4) is 5.75 Å². The molecule has 0 saturated carbocycles. The van der Waals surface area contributed by atoms with Crippen LogP contribution in [0.2, 0.25) is 0 Å². The van der Waals surface area contributed by atoms with Gasteiger partial charge in [0.2, 0.25) is 21.8 Å². The molecule has 1 N–H and O–H groups in total. The molecule has 0 saturated heterocycles. The van der Waals surface area contributed by atoms with E-state index in [0.717, 1.165) is 16.1 Å². The van der Waals surface area contributed by atoms with Crippen LogP contribution >= 0.6 is 0 Å². The number of nitrogens with one attached hydrogen (secondary N) is 1. The summed E-state index contributed by atoms with van der Waals surface area (Å²) in [6.07, 6.45) is 1.04. The summed E-state index contributed by atoms with van der Waals surface area (Å²) in [5.41, 5.74) is 1.17. The first-order valence-electron chi connectivity index (χ1n) is 10.3. The van der Waals surface area contributed by atoms with E-state index < -0.39 is 28.5 Å². The predicted octanol–water partition coefficient (Wildman–Crippen LogP) is 2.40. The average Bonchev–Trinajstić information content (AvgIpc) is 2.74. The molecule has 2 aromatic carbocycles. The number of sulfonamides is 1. The first-order valence-corrected chi connectivity index (χ1v) is 12.1. The van der Waals surface area contributed by atoms with Crippen molar-refractivity contribution in [1.29, 1.82) is 0 Å². The van der Waals surface area contributed by atoms with E-state index in [-0.39, 0.29) is 18.5 Å². The molecule has 0 aromatic heterocycles. The third kappa shape index (κ3) is 6.98. The minimum atomic E-state index is -3.76. The zero-order valence-electron chi connectivity index (χ0n) is 19.1. The number of amides is 2. The summed E-state index contributed by atoms with van der Waals surface area (Å²) >= 11 is 0. The number of carbonyl (C=O) groups excluding carboxylic acids is 2. The standard InChI is InChI=1S/C23H31N3O5S/c1-17(2)24-23(28)18(3)25(15-19-9-7-6-8-10-19)22(27)16-26(32(5,29)30)20-11-13-21(31-4)14-12-20/h6-14,17-18H,15-16H2,1-5H3,(H,24,28)/t18-/m0/s1. The van der Waals surface area contributed by atoms with Crippen LogP contribution in [0.25, 0.3) is 0 Å². The van der Waals surface area contributed by atoms with Gasteiger partial charge in [-0.25, -0.2) is 8.42 Å². The van der Waals surface area contributed by atoms with Crippen LogP contribution in [0, 0.1) is 0 Å². The van der Waals surface area contributed by atoms with Gasteiger partial charge in [-0.3, -0.25) is 13.9 Å². The minimum Gasteiger partial charge on any atom is -0.497 e. The Morgan fingerprint density at radius 3 is 2.09 bits per heavy atom. The fraction of sp³-hybridized carbons (Fsp3) is 0.391. The van der Waals surface area contributed by atoms with Crippen LogP contribution in [0.5, 0.6) is 5.75 Å². The van der Waals surface area contributed by atoms with E-state index in [1.165, 1.54) is 12.0 Å². The molecule has 2 aromatic rings. The van der Waals surface area contributed by atoms with Crippen LogP contribution in [-0.4, -0.2) is 57.1 Å². The smallest absolute Gasteiger partial charge is 0.244 e. The molecule has 0 aliphatic rings. The molecule has 2 amide bonds. The molecular formula is C23H31N3O5S. The highest BCUT2D eigenvalue weighted by Crippen LogP contribution is 2.22. The van der Waals surface area contributed by atoms with Crippen molar-refractivity contribution in [2.24, 2.45) is 0 Å². The van der Waals surface area contributed by atoms with Crippen LogP contribution in [0.4, 0.5) is 5.69 Å². The topological polar surface area (TPSA) is 96.0 Å².